The van der Waals surface area contributed by atoms with Gasteiger partial charge >= 0.3 is 0 Å². The number of carbonyl (C=O) groups is 1. The van der Waals surface area contributed by atoms with E-state index in [4.69, 9.17) is 9.47 Å². The molecule has 1 aliphatic rings. The summed E-state index contributed by atoms with van der Waals surface area (Å²) in [5, 5.41) is 3.05. The smallest absolute Gasteiger partial charge is 0.220 e. The van der Waals surface area contributed by atoms with E-state index in [1.54, 1.807) is 14.2 Å². The normalized spacial score (nSPS) is 19.9. The van der Waals surface area contributed by atoms with Gasteiger partial charge in [0.15, 0.2) is 0 Å². The van der Waals surface area contributed by atoms with Crippen LogP contribution in [0.5, 0.6) is 11.5 Å². The zero-order valence-corrected chi connectivity index (χ0v) is 10.9. The lowest BCUT2D eigenvalue weighted by molar-refractivity contribution is -0.121. The number of hydrogen-bond donors (Lipinski definition) is 1. The molecule has 0 bridgehead atoms. The molecule has 1 N–H and O–H groups in total. The average Bonchev–Trinajstić information content (AvgIpc) is 2.62. The predicted octanol–water partition coefficient (Wildman–Crippen LogP) is 2.44. The van der Waals surface area contributed by atoms with E-state index in [0.29, 0.717) is 6.42 Å². The number of rotatable bonds is 3. The van der Waals surface area contributed by atoms with E-state index in [1.165, 1.54) is 0 Å². The lowest BCUT2D eigenvalue weighted by Crippen LogP contribution is -2.26. The molecule has 4 nitrogen and oxygen atoms in total. The summed E-state index contributed by atoms with van der Waals surface area (Å²) in [6, 6.07) is 5.66. The maximum absolute atomic E-state index is 11.7. The van der Waals surface area contributed by atoms with Crippen LogP contribution in [0.4, 0.5) is 0 Å². The molecule has 0 spiro atoms. The molecule has 1 fully saturated rings. The van der Waals surface area contributed by atoms with Crippen molar-refractivity contribution < 1.29 is 14.3 Å². The SMILES string of the molecule is COc1cccc(OC)c1[C@H]1CCCCC(=O)N1. The number of hydrogen-bond acceptors (Lipinski definition) is 3. The summed E-state index contributed by atoms with van der Waals surface area (Å²) < 4.78 is 10.8. The lowest BCUT2D eigenvalue weighted by atomic mass is 10.00. The second-order valence-electron chi connectivity index (χ2n) is 4.44. The summed E-state index contributed by atoms with van der Waals surface area (Å²) in [6.07, 6.45) is 3.50. The van der Waals surface area contributed by atoms with Crippen molar-refractivity contribution in [3.63, 3.8) is 0 Å². The average molecular weight is 249 g/mol. The quantitative estimate of drug-likeness (QED) is 0.895. The number of benzene rings is 1. The van der Waals surface area contributed by atoms with Crippen molar-refractivity contribution in [1.82, 2.24) is 5.32 Å². The zero-order chi connectivity index (χ0) is 13.0. The summed E-state index contributed by atoms with van der Waals surface area (Å²) in [5.74, 6) is 1.63. The highest BCUT2D eigenvalue weighted by Gasteiger charge is 2.24. The fraction of sp³-hybridized carbons (Fsp3) is 0.500. The number of amides is 1. The molecule has 0 radical (unpaired) electrons. The van der Waals surface area contributed by atoms with Crippen LogP contribution < -0.4 is 14.8 Å². The molecule has 1 aromatic carbocycles. The van der Waals surface area contributed by atoms with E-state index in [-0.39, 0.29) is 11.9 Å². The molecule has 1 saturated heterocycles. The van der Waals surface area contributed by atoms with Gasteiger partial charge in [-0.3, -0.25) is 4.79 Å². The largest absolute Gasteiger partial charge is 0.496 e. The van der Waals surface area contributed by atoms with Gasteiger partial charge in [-0.2, -0.15) is 0 Å². The molecule has 1 atom stereocenters. The van der Waals surface area contributed by atoms with Crippen LogP contribution in [-0.2, 0) is 4.79 Å². The Kier molecular flexibility index (Phi) is 4.07. The maximum Gasteiger partial charge on any atom is 0.220 e. The van der Waals surface area contributed by atoms with Gasteiger partial charge in [-0.05, 0) is 25.0 Å². The summed E-state index contributed by atoms with van der Waals surface area (Å²) in [7, 11) is 3.27. The van der Waals surface area contributed by atoms with Gasteiger partial charge < -0.3 is 14.8 Å². The van der Waals surface area contributed by atoms with E-state index in [2.05, 4.69) is 5.32 Å². The molecular weight excluding hydrogens is 230 g/mol. The molecule has 0 saturated carbocycles. The predicted molar refractivity (Wildman–Crippen MR) is 68.9 cm³/mol. The highest BCUT2D eigenvalue weighted by Crippen LogP contribution is 2.37. The van der Waals surface area contributed by atoms with Gasteiger partial charge in [0.25, 0.3) is 0 Å². The van der Waals surface area contributed by atoms with Crippen LogP contribution in [-0.4, -0.2) is 20.1 Å². The fourth-order valence-electron chi connectivity index (χ4n) is 2.41. The fourth-order valence-corrected chi connectivity index (χ4v) is 2.41. The Morgan fingerprint density at radius 2 is 1.83 bits per heavy atom. The molecule has 0 aromatic heterocycles. The standard InChI is InChI=1S/C14H19NO3/c1-17-11-7-5-8-12(18-2)14(11)10-6-3-4-9-13(16)15-10/h5,7-8,10H,3-4,6,9H2,1-2H3,(H,15,16)/t10-/m1/s1. The van der Waals surface area contributed by atoms with Crippen molar-refractivity contribution in [3.8, 4) is 11.5 Å². The van der Waals surface area contributed by atoms with Crippen LogP contribution in [0.15, 0.2) is 18.2 Å². The molecule has 18 heavy (non-hydrogen) atoms. The number of methoxy groups -OCH3 is 2. The third-order valence-corrected chi connectivity index (χ3v) is 3.30. The van der Waals surface area contributed by atoms with E-state index >= 15 is 0 Å². The van der Waals surface area contributed by atoms with Gasteiger partial charge in [0, 0.05) is 6.42 Å². The molecule has 1 heterocycles. The summed E-state index contributed by atoms with van der Waals surface area (Å²) in [6.45, 7) is 0. The van der Waals surface area contributed by atoms with Crippen LogP contribution in [0.25, 0.3) is 0 Å². The van der Waals surface area contributed by atoms with Gasteiger partial charge in [-0.25, -0.2) is 0 Å². The van der Waals surface area contributed by atoms with Crippen LogP contribution in [0.2, 0.25) is 0 Å². The molecular formula is C14H19NO3. The number of carbonyl (C=O) groups excluding carboxylic acids is 1. The first-order chi connectivity index (χ1) is 8.76. The third kappa shape index (κ3) is 2.58. The van der Waals surface area contributed by atoms with Gasteiger partial charge in [-0.1, -0.05) is 12.5 Å². The van der Waals surface area contributed by atoms with Crippen LogP contribution in [0.1, 0.15) is 37.3 Å². The van der Waals surface area contributed by atoms with Gasteiger partial charge in [0.1, 0.15) is 11.5 Å². The molecule has 98 valence electrons. The minimum atomic E-state index is -0.0221. The van der Waals surface area contributed by atoms with E-state index < -0.39 is 0 Å². The molecule has 4 heteroatoms. The highest BCUT2D eigenvalue weighted by atomic mass is 16.5. The minimum absolute atomic E-state index is 0.0221. The summed E-state index contributed by atoms with van der Waals surface area (Å²) >= 11 is 0. The van der Waals surface area contributed by atoms with E-state index in [1.807, 2.05) is 18.2 Å². The Balaban J connectivity index is 2.37. The van der Waals surface area contributed by atoms with Crippen LogP contribution >= 0.6 is 0 Å². The first-order valence-corrected chi connectivity index (χ1v) is 6.26. The van der Waals surface area contributed by atoms with Crippen molar-refractivity contribution in [2.75, 3.05) is 14.2 Å². The first-order valence-electron chi connectivity index (χ1n) is 6.26. The lowest BCUT2D eigenvalue weighted by Gasteiger charge is -2.21. The second kappa shape index (κ2) is 5.76. The number of ether oxygens (including phenoxy) is 2. The highest BCUT2D eigenvalue weighted by molar-refractivity contribution is 5.77. The van der Waals surface area contributed by atoms with Gasteiger partial charge in [0.05, 0.1) is 25.8 Å². The van der Waals surface area contributed by atoms with Gasteiger partial charge in [0.2, 0.25) is 5.91 Å². The monoisotopic (exact) mass is 249 g/mol. The first kappa shape index (κ1) is 12.7. The molecule has 1 aliphatic heterocycles. The third-order valence-electron chi connectivity index (χ3n) is 3.30. The molecule has 2 rings (SSSR count). The van der Waals surface area contributed by atoms with Crippen molar-refractivity contribution in [2.24, 2.45) is 0 Å². The molecule has 0 aliphatic carbocycles. The summed E-state index contributed by atoms with van der Waals surface area (Å²) in [5.41, 5.74) is 0.942. The second-order valence-corrected chi connectivity index (χ2v) is 4.44. The van der Waals surface area contributed by atoms with Crippen molar-refractivity contribution in [1.29, 1.82) is 0 Å². The van der Waals surface area contributed by atoms with Crippen molar-refractivity contribution in [2.45, 2.75) is 31.7 Å². The van der Waals surface area contributed by atoms with E-state index in [9.17, 15) is 4.79 Å². The van der Waals surface area contributed by atoms with Crippen molar-refractivity contribution in [3.05, 3.63) is 23.8 Å². The molecule has 0 unspecified atom stereocenters. The minimum Gasteiger partial charge on any atom is -0.496 e. The van der Waals surface area contributed by atoms with Gasteiger partial charge in [-0.15, -0.1) is 0 Å². The molecule has 1 aromatic rings. The Bertz CT molecular complexity index is 409. The molecule has 1 amide bonds. The Hall–Kier alpha value is -1.71. The Morgan fingerprint density at radius 1 is 1.17 bits per heavy atom. The Morgan fingerprint density at radius 3 is 2.44 bits per heavy atom. The maximum atomic E-state index is 11.7. The Labute approximate surface area is 107 Å². The van der Waals surface area contributed by atoms with Crippen molar-refractivity contribution >= 4 is 5.91 Å². The van der Waals surface area contributed by atoms with Crippen LogP contribution in [0.3, 0.4) is 0 Å². The number of nitrogens with one attached hydrogen (secondary N) is 1. The van der Waals surface area contributed by atoms with E-state index in [0.717, 1.165) is 36.3 Å². The zero-order valence-electron chi connectivity index (χ0n) is 10.9. The topological polar surface area (TPSA) is 47.6 Å². The summed E-state index contributed by atoms with van der Waals surface area (Å²) in [4.78, 5) is 11.7. The van der Waals surface area contributed by atoms with Crippen LogP contribution in [0, 0.1) is 0 Å².